The van der Waals surface area contributed by atoms with Gasteiger partial charge in [0.05, 0.1) is 17.3 Å². The molecular formula is C12H14ClNO. The molecule has 1 N–H and O–H groups in total. The number of nitrogens with one attached hydrogen (secondary N) is 1. The van der Waals surface area contributed by atoms with Gasteiger partial charge in [-0.1, -0.05) is 17.7 Å². The molecule has 80 valence electrons. The van der Waals surface area contributed by atoms with E-state index in [9.17, 15) is 0 Å². The van der Waals surface area contributed by atoms with Crippen LogP contribution in [0.3, 0.4) is 0 Å². The molecule has 1 aliphatic heterocycles. The molecule has 0 unspecified atom stereocenters. The molecule has 0 aromatic heterocycles. The van der Waals surface area contributed by atoms with Crippen molar-refractivity contribution in [3.8, 4) is 5.75 Å². The van der Waals surface area contributed by atoms with Crippen molar-refractivity contribution >= 4 is 17.3 Å². The summed E-state index contributed by atoms with van der Waals surface area (Å²) < 4.78 is 6.12. The number of fused-ring (bicyclic) bond motifs is 1. The van der Waals surface area contributed by atoms with Crippen LogP contribution in [-0.4, -0.2) is 12.1 Å². The molecule has 1 fully saturated rings. The summed E-state index contributed by atoms with van der Waals surface area (Å²) in [5.41, 5.74) is 1.04. The summed E-state index contributed by atoms with van der Waals surface area (Å²) in [6.07, 6.45) is 4.82. The second-order valence-corrected chi connectivity index (χ2v) is 4.87. The van der Waals surface area contributed by atoms with Crippen molar-refractivity contribution < 1.29 is 4.74 Å². The van der Waals surface area contributed by atoms with Crippen LogP contribution in [0.15, 0.2) is 18.2 Å². The summed E-state index contributed by atoms with van der Waals surface area (Å²) in [5.74, 6) is 0.840. The Kier molecular flexibility index (Phi) is 2.06. The molecule has 1 aliphatic carbocycles. The second-order valence-electron chi connectivity index (χ2n) is 4.46. The predicted octanol–water partition coefficient (Wildman–Crippen LogP) is 3.46. The number of benzene rings is 1. The highest BCUT2D eigenvalue weighted by molar-refractivity contribution is 6.32. The molecule has 0 bridgehead atoms. The van der Waals surface area contributed by atoms with Gasteiger partial charge in [-0.15, -0.1) is 0 Å². The first-order valence-electron chi connectivity index (χ1n) is 5.51. The van der Waals surface area contributed by atoms with Crippen molar-refractivity contribution in [1.82, 2.24) is 0 Å². The fraction of sp³-hybridized carbons (Fsp3) is 0.500. The summed E-state index contributed by atoms with van der Waals surface area (Å²) in [4.78, 5) is 0. The van der Waals surface area contributed by atoms with E-state index in [0.717, 1.165) is 30.8 Å². The molecule has 0 radical (unpaired) electrons. The molecule has 1 aromatic rings. The zero-order valence-corrected chi connectivity index (χ0v) is 9.31. The quantitative estimate of drug-likeness (QED) is 0.728. The number of halogens is 1. The van der Waals surface area contributed by atoms with Crippen LogP contribution in [0, 0.1) is 0 Å². The number of para-hydroxylation sites is 1. The molecule has 1 spiro atoms. The lowest BCUT2D eigenvalue weighted by atomic mass is 10.00. The Morgan fingerprint density at radius 1 is 1.27 bits per heavy atom. The molecule has 0 saturated heterocycles. The molecular weight excluding hydrogens is 210 g/mol. The van der Waals surface area contributed by atoms with Gasteiger partial charge in [-0.3, -0.25) is 0 Å². The summed E-state index contributed by atoms with van der Waals surface area (Å²) in [6, 6.07) is 5.85. The Labute approximate surface area is 94.6 Å². The lowest BCUT2D eigenvalue weighted by molar-refractivity contribution is 0.0831. The average molecular weight is 224 g/mol. The van der Waals surface area contributed by atoms with Gasteiger partial charge in [-0.2, -0.15) is 0 Å². The summed E-state index contributed by atoms with van der Waals surface area (Å²) >= 11 is 6.14. The van der Waals surface area contributed by atoms with E-state index >= 15 is 0 Å². The van der Waals surface area contributed by atoms with Crippen LogP contribution in [0.1, 0.15) is 25.7 Å². The van der Waals surface area contributed by atoms with Crippen molar-refractivity contribution in [2.45, 2.75) is 31.3 Å². The normalized spacial score (nSPS) is 21.9. The van der Waals surface area contributed by atoms with Gasteiger partial charge in [0.25, 0.3) is 0 Å². The lowest BCUT2D eigenvalue weighted by Gasteiger charge is -2.36. The molecule has 2 nitrogen and oxygen atoms in total. The van der Waals surface area contributed by atoms with Crippen LogP contribution in [0.2, 0.25) is 5.02 Å². The summed E-state index contributed by atoms with van der Waals surface area (Å²) in [5, 5.41) is 4.14. The predicted molar refractivity (Wildman–Crippen MR) is 61.8 cm³/mol. The molecule has 0 atom stereocenters. The maximum Gasteiger partial charge on any atom is 0.161 e. The van der Waals surface area contributed by atoms with E-state index in [1.54, 1.807) is 0 Å². The topological polar surface area (TPSA) is 21.3 Å². The number of rotatable bonds is 0. The number of hydrogen-bond donors (Lipinski definition) is 1. The Bertz CT molecular complexity index is 385. The fourth-order valence-corrected chi connectivity index (χ4v) is 2.77. The average Bonchev–Trinajstić information content (AvgIpc) is 2.68. The van der Waals surface area contributed by atoms with Crippen LogP contribution >= 0.6 is 11.6 Å². The van der Waals surface area contributed by atoms with Crippen molar-refractivity contribution in [2.24, 2.45) is 0 Å². The Morgan fingerprint density at radius 3 is 2.87 bits per heavy atom. The van der Waals surface area contributed by atoms with E-state index in [0.29, 0.717) is 5.02 Å². The molecule has 3 rings (SSSR count). The monoisotopic (exact) mass is 223 g/mol. The van der Waals surface area contributed by atoms with Crippen LogP contribution in [0.5, 0.6) is 5.75 Å². The Hall–Kier alpha value is -0.890. The van der Waals surface area contributed by atoms with Gasteiger partial charge in [-0.05, 0) is 37.8 Å². The highest BCUT2D eigenvalue weighted by Crippen LogP contribution is 2.44. The highest BCUT2D eigenvalue weighted by Gasteiger charge is 2.39. The van der Waals surface area contributed by atoms with Crippen molar-refractivity contribution in [3.05, 3.63) is 23.2 Å². The molecule has 2 aliphatic rings. The van der Waals surface area contributed by atoms with Gasteiger partial charge < -0.3 is 10.1 Å². The summed E-state index contributed by atoms with van der Waals surface area (Å²) in [6.45, 7) is 0.917. The van der Waals surface area contributed by atoms with Crippen molar-refractivity contribution in [3.63, 3.8) is 0 Å². The zero-order valence-electron chi connectivity index (χ0n) is 8.55. The first-order chi connectivity index (χ1) is 7.29. The number of anilines is 1. The largest absolute Gasteiger partial charge is 0.482 e. The Balaban J connectivity index is 1.98. The van der Waals surface area contributed by atoms with E-state index in [2.05, 4.69) is 5.32 Å². The third-order valence-electron chi connectivity index (χ3n) is 3.40. The fourth-order valence-electron chi connectivity index (χ4n) is 2.56. The third-order valence-corrected chi connectivity index (χ3v) is 3.70. The third kappa shape index (κ3) is 1.48. The Morgan fingerprint density at radius 2 is 2.07 bits per heavy atom. The van der Waals surface area contributed by atoms with Crippen LogP contribution < -0.4 is 10.1 Å². The van der Waals surface area contributed by atoms with E-state index in [-0.39, 0.29) is 5.60 Å². The smallest absolute Gasteiger partial charge is 0.161 e. The number of hydrogen-bond acceptors (Lipinski definition) is 2. The zero-order chi connectivity index (χ0) is 10.3. The van der Waals surface area contributed by atoms with E-state index in [1.165, 1.54) is 12.8 Å². The lowest BCUT2D eigenvalue weighted by Crippen LogP contribution is -2.43. The first kappa shape index (κ1) is 9.34. The van der Waals surface area contributed by atoms with Gasteiger partial charge in [0.2, 0.25) is 0 Å². The van der Waals surface area contributed by atoms with Gasteiger partial charge in [-0.25, -0.2) is 0 Å². The maximum atomic E-state index is 6.14. The minimum Gasteiger partial charge on any atom is -0.482 e. The molecule has 1 saturated carbocycles. The van der Waals surface area contributed by atoms with Crippen LogP contribution in [-0.2, 0) is 0 Å². The van der Waals surface area contributed by atoms with Crippen molar-refractivity contribution in [2.75, 3.05) is 11.9 Å². The molecule has 3 heteroatoms. The van der Waals surface area contributed by atoms with E-state index in [1.807, 2.05) is 18.2 Å². The van der Waals surface area contributed by atoms with Gasteiger partial charge in [0.15, 0.2) is 5.75 Å². The maximum absolute atomic E-state index is 6.14. The minimum absolute atomic E-state index is 0.0119. The molecule has 1 aromatic carbocycles. The van der Waals surface area contributed by atoms with E-state index < -0.39 is 0 Å². The summed E-state index contributed by atoms with van der Waals surface area (Å²) in [7, 11) is 0. The molecule has 15 heavy (non-hydrogen) atoms. The minimum atomic E-state index is 0.0119. The van der Waals surface area contributed by atoms with Gasteiger partial charge in [0, 0.05) is 0 Å². The van der Waals surface area contributed by atoms with Crippen LogP contribution in [0.4, 0.5) is 5.69 Å². The SMILES string of the molecule is Clc1cccc2c1OC1(CCCC1)CN2. The second kappa shape index (κ2) is 3.31. The standard InChI is InChI=1S/C12H14ClNO/c13-9-4-3-5-10-11(9)15-12(8-14-10)6-1-2-7-12/h3-5,14H,1-2,6-8H2. The van der Waals surface area contributed by atoms with E-state index in [4.69, 9.17) is 16.3 Å². The van der Waals surface area contributed by atoms with Gasteiger partial charge in [0.1, 0.15) is 5.60 Å². The molecule has 0 amide bonds. The highest BCUT2D eigenvalue weighted by atomic mass is 35.5. The van der Waals surface area contributed by atoms with Crippen LogP contribution in [0.25, 0.3) is 0 Å². The number of ether oxygens (including phenoxy) is 1. The van der Waals surface area contributed by atoms with Gasteiger partial charge >= 0.3 is 0 Å². The van der Waals surface area contributed by atoms with Crippen molar-refractivity contribution in [1.29, 1.82) is 0 Å². The molecule has 1 heterocycles. The first-order valence-corrected chi connectivity index (χ1v) is 5.88.